The number of carbonyl (C=O) groups excluding carboxylic acids is 3. The first-order valence-corrected chi connectivity index (χ1v) is 9.10. The van der Waals surface area contributed by atoms with Crippen LogP contribution in [0.1, 0.15) is 48.2 Å². The van der Waals surface area contributed by atoms with Crippen molar-refractivity contribution in [2.24, 2.45) is 0 Å². The molecule has 1 amide bonds. The fourth-order valence-electron chi connectivity index (χ4n) is 2.57. The molecular formula is C23H22N2O4. The fraction of sp³-hybridized carbons (Fsp3) is 0.217. The van der Waals surface area contributed by atoms with Crippen LogP contribution in [0.15, 0.2) is 54.1 Å². The lowest BCUT2D eigenvalue weighted by Gasteiger charge is -2.09. The number of hydrogen-bond donors (Lipinski definition) is 1. The predicted octanol–water partition coefficient (Wildman–Crippen LogP) is 4.10. The SMILES string of the molecule is CC(=O)c1ccccc1NC(=O)COC(=O)/C(C#N)=C/c1ccc(C(C)C)cc1. The number of rotatable bonds is 7. The molecule has 0 aromatic heterocycles. The van der Waals surface area contributed by atoms with E-state index in [1.165, 1.54) is 13.0 Å². The van der Waals surface area contributed by atoms with Crippen molar-refractivity contribution in [3.63, 3.8) is 0 Å². The first-order chi connectivity index (χ1) is 13.8. The zero-order valence-electron chi connectivity index (χ0n) is 16.6. The molecule has 0 atom stereocenters. The Morgan fingerprint density at radius 2 is 1.76 bits per heavy atom. The van der Waals surface area contributed by atoms with Gasteiger partial charge in [0, 0.05) is 5.56 Å². The summed E-state index contributed by atoms with van der Waals surface area (Å²) in [4.78, 5) is 35.8. The largest absolute Gasteiger partial charge is 0.451 e. The Hall–Kier alpha value is -3.72. The van der Waals surface area contributed by atoms with Gasteiger partial charge in [-0.15, -0.1) is 0 Å². The smallest absolute Gasteiger partial charge is 0.349 e. The van der Waals surface area contributed by atoms with Crippen molar-refractivity contribution in [2.75, 3.05) is 11.9 Å². The monoisotopic (exact) mass is 390 g/mol. The van der Waals surface area contributed by atoms with Gasteiger partial charge < -0.3 is 10.1 Å². The van der Waals surface area contributed by atoms with Crippen LogP contribution in [0.5, 0.6) is 0 Å². The molecule has 148 valence electrons. The van der Waals surface area contributed by atoms with Crippen molar-refractivity contribution in [1.29, 1.82) is 5.26 Å². The fourth-order valence-corrected chi connectivity index (χ4v) is 2.57. The molecule has 6 heteroatoms. The van der Waals surface area contributed by atoms with Crippen molar-refractivity contribution in [3.05, 3.63) is 70.8 Å². The summed E-state index contributed by atoms with van der Waals surface area (Å²) in [6, 6.07) is 15.8. The van der Waals surface area contributed by atoms with Crippen molar-refractivity contribution >= 4 is 29.4 Å². The zero-order chi connectivity index (χ0) is 21.4. The van der Waals surface area contributed by atoms with Gasteiger partial charge in [0.1, 0.15) is 11.6 Å². The number of carbonyl (C=O) groups is 3. The molecule has 0 aliphatic rings. The van der Waals surface area contributed by atoms with Crippen LogP contribution in [0, 0.1) is 11.3 Å². The summed E-state index contributed by atoms with van der Waals surface area (Å²) in [5, 5.41) is 11.8. The normalized spacial score (nSPS) is 10.9. The van der Waals surface area contributed by atoms with Crippen molar-refractivity contribution in [3.8, 4) is 6.07 Å². The van der Waals surface area contributed by atoms with Crippen LogP contribution in [-0.4, -0.2) is 24.3 Å². The number of anilines is 1. The van der Waals surface area contributed by atoms with Crippen LogP contribution in [0.25, 0.3) is 6.08 Å². The molecule has 0 saturated carbocycles. The molecule has 2 aromatic rings. The number of Topliss-reactive ketones (excluding diaryl/α,β-unsaturated/α-hetero) is 1. The minimum atomic E-state index is -0.893. The molecule has 0 bridgehead atoms. The number of ketones is 1. The molecular weight excluding hydrogens is 368 g/mol. The Labute approximate surface area is 169 Å². The Bertz CT molecular complexity index is 983. The van der Waals surface area contributed by atoms with E-state index in [0.29, 0.717) is 22.7 Å². The highest BCUT2D eigenvalue weighted by atomic mass is 16.5. The van der Waals surface area contributed by atoms with Gasteiger partial charge in [0.05, 0.1) is 5.69 Å². The predicted molar refractivity (Wildman–Crippen MR) is 110 cm³/mol. The van der Waals surface area contributed by atoms with E-state index in [4.69, 9.17) is 4.74 Å². The standard InChI is InChI=1S/C23H22N2O4/c1-15(2)18-10-8-17(9-11-18)12-19(13-24)23(28)29-14-22(27)25-21-7-5-4-6-20(21)16(3)26/h4-12,15H,14H2,1-3H3,(H,25,27)/b19-12+. The second-order valence-corrected chi connectivity index (χ2v) is 6.72. The molecule has 6 nitrogen and oxygen atoms in total. The van der Waals surface area contributed by atoms with E-state index in [9.17, 15) is 19.6 Å². The Balaban J connectivity index is 2.00. The lowest BCUT2D eigenvalue weighted by Crippen LogP contribution is -2.22. The number of nitriles is 1. The summed E-state index contributed by atoms with van der Waals surface area (Å²) in [7, 11) is 0. The van der Waals surface area contributed by atoms with Crippen LogP contribution >= 0.6 is 0 Å². The van der Waals surface area contributed by atoms with E-state index in [2.05, 4.69) is 19.2 Å². The van der Waals surface area contributed by atoms with Crippen LogP contribution in [0.3, 0.4) is 0 Å². The highest BCUT2D eigenvalue weighted by Crippen LogP contribution is 2.17. The third kappa shape index (κ3) is 6.15. The number of benzene rings is 2. The van der Waals surface area contributed by atoms with E-state index >= 15 is 0 Å². The number of hydrogen-bond acceptors (Lipinski definition) is 5. The molecule has 0 saturated heterocycles. The van der Waals surface area contributed by atoms with Crippen LogP contribution in [0.4, 0.5) is 5.69 Å². The average molecular weight is 390 g/mol. The van der Waals surface area contributed by atoms with Crippen molar-refractivity contribution in [1.82, 2.24) is 0 Å². The third-order valence-electron chi connectivity index (χ3n) is 4.17. The number of nitrogens with zero attached hydrogens (tertiary/aromatic N) is 1. The van der Waals surface area contributed by atoms with Gasteiger partial charge in [-0.2, -0.15) is 5.26 Å². The molecule has 0 unspecified atom stereocenters. The Morgan fingerprint density at radius 3 is 2.34 bits per heavy atom. The maximum absolute atomic E-state index is 12.1. The lowest BCUT2D eigenvalue weighted by atomic mass is 10.0. The van der Waals surface area contributed by atoms with Crippen molar-refractivity contribution < 1.29 is 19.1 Å². The van der Waals surface area contributed by atoms with Crippen molar-refractivity contribution in [2.45, 2.75) is 26.7 Å². The van der Waals surface area contributed by atoms with Gasteiger partial charge in [0.2, 0.25) is 0 Å². The molecule has 0 aliphatic heterocycles. The number of para-hydroxylation sites is 1. The maximum atomic E-state index is 12.1. The number of esters is 1. The third-order valence-corrected chi connectivity index (χ3v) is 4.17. The summed E-state index contributed by atoms with van der Waals surface area (Å²) in [6.07, 6.45) is 1.41. The quantitative estimate of drug-likeness (QED) is 0.332. The maximum Gasteiger partial charge on any atom is 0.349 e. The second-order valence-electron chi connectivity index (χ2n) is 6.72. The van der Waals surface area contributed by atoms with Gasteiger partial charge in [-0.25, -0.2) is 4.79 Å². The minimum absolute atomic E-state index is 0.198. The first-order valence-electron chi connectivity index (χ1n) is 9.10. The van der Waals surface area contributed by atoms with Crippen LogP contribution in [0.2, 0.25) is 0 Å². The molecule has 2 aromatic carbocycles. The molecule has 0 spiro atoms. The van der Waals surface area contributed by atoms with Crippen LogP contribution < -0.4 is 5.32 Å². The molecule has 2 rings (SSSR count). The van der Waals surface area contributed by atoms with Gasteiger partial charge in [-0.3, -0.25) is 9.59 Å². The highest BCUT2D eigenvalue weighted by molar-refractivity contribution is 6.04. The number of amides is 1. The average Bonchev–Trinajstić information content (AvgIpc) is 2.70. The van der Waals surface area contributed by atoms with Crippen LogP contribution in [-0.2, 0) is 14.3 Å². The second kappa shape index (κ2) is 10.00. The van der Waals surface area contributed by atoms with E-state index in [1.807, 2.05) is 24.3 Å². The van der Waals surface area contributed by atoms with Gasteiger partial charge in [-0.05, 0) is 42.2 Å². The van der Waals surface area contributed by atoms with E-state index < -0.39 is 18.5 Å². The molecule has 1 N–H and O–H groups in total. The van der Waals surface area contributed by atoms with Gasteiger partial charge in [0.25, 0.3) is 5.91 Å². The number of nitrogens with one attached hydrogen (secondary N) is 1. The van der Waals surface area contributed by atoms with Gasteiger partial charge >= 0.3 is 5.97 Å². The molecule has 0 fully saturated rings. The minimum Gasteiger partial charge on any atom is -0.451 e. The summed E-state index contributed by atoms with van der Waals surface area (Å²) >= 11 is 0. The Kier molecular flexibility index (Phi) is 7.44. The van der Waals surface area contributed by atoms with Gasteiger partial charge in [-0.1, -0.05) is 50.2 Å². The zero-order valence-corrected chi connectivity index (χ0v) is 16.6. The van der Waals surface area contributed by atoms with E-state index in [-0.39, 0.29) is 11.4 Å². The lowest BCUT2D eigenvalue weighted by molar-refractivity contribution is -0.142. The summed E-state index contributed by atoms with van der Waals surface area (Å²) in [5.74, 6) is -1.32. The molecule has 29 heavy (non-hydrogen) atoms. The first kappa shape index (κ1) is 21.6. The molecule has 0 aliphatic carbocycles. The van der Waals surface area contributed by atoms with E-state index in [1.54, 1.807) is 30.3 Å². The molecule has 0 radical (unpaired) electrons. The van der Waals surface area contributed by atoms with Gasteiger partial charge in [0.15, 0.2) is 12.4 Å². The van der Waals surface area contributed by atoms with E-state index in [0.717, 1.165) is 5.56 Å². The summed E-state index contributed by atoms with van der Waals surface area (Å²) in [5.41, 5.74) is 2.31. The summed E-state index contributed by atoms with van der Waals surface area (Å²) in [6.45, 7) is 4.96. The topological polar surface area (TPSA) is 96.3 Å². The summed E-state index contributed by atoms with van der Waals surface area (Å²) < 4.78 is 4.94. The number of ether oxygens (including phenoxy) is 1. The Morgan fingerprint density at radius 1 is 1.10 bits per heavy atom. The molecule has 0 heterocycles. The highest BCUT2D eigenvalue weighted by Gasteiger charge is 2.15.